The fourth-order valence-corrected chi connectivity index (χ4v) is 2.45. The lowest BCUT2D eigenvalue weighted by Crippen LogP contribution is -2.48. The second-order valence-electron chi connectivity index (χ2n) is 6.82. The van der Waals surface area contributed by atoms with Gasteiger partial charge in [0.1, 0.15) is 5.60 Å². The van der Waals surface area contributed by atoms with Crippen molar-refractivity contribution in [3.05, 3.63) is 0 Å². The van der Waals surface area contributed by atoms with Crippen LogP contribution in [0.15, 0.2) is 0 Å². The highest BCUT2D eigenvalue weighted by Gasteiger charge is 2.18. The maximum atomic E-state index is 11.5. The van der Waals surface area contributed by atoms with E-state index in [1.165, 1.54) is 25.8 Å². The third-order valence-electron chi connectivity index (χ3n) is 3.64. The number of carbonyl (C=O) groups excluding carboxylic acids is 1. The average Bonchev–Trinajstić information content (AvgIpc) is 2.39. The van der Waals surface area contributed by atoms with Gasteiger partial charge in [0.15, 0.2) is 0 Å². The number of hydrogen-bond acceptors (Lipinski definition) is 4. The molecule has 0 bridgehead atoms. The lowest BCUT2D eigenvalue weighted by molar-refractivity contribution is 0.0516. The number of alkyl carbamates (subject to hydrolysis) is 1. The third kappa shape index (κ3) is 8.94. The summed E-state index contributed by atoms with van der Waals surface area (Å²) in [7, 11) is 0. The van der Waals surface area contributed by atoms with Gasteiger partial charge in [-0.05, 0) is 33.7 Å². The molecule has 5 nitrogen and oxygen atoms in total. The minimum absolute atomic E-state index is 0.319. The summed E-state index contributed by atoms with van der Waals surface area (Å²) in [5, 5.41) is 2.82. The summed E-state index contributed by atoms with van der Waals surface area (Å²) in [5.41, 5.74) is -0.422. The summed E-state index contributed by atoms with van der Waals surface area (Å²) in [6, 6.07) is 0. The molecule has 124 valence electrons. The Labute approximate surface area is 130 Å². The van der Waals surface area contributed by atoms with Crippen LogP contribution in [0.1, 0.15) is 47.0 Å². The second-order valence-corrected chi connectivity index (χ2v) is 6.82. The Morgan fingerprint density at radius 2 is 1.62 bits per heavy atom. The topological polar surface area (TPSA) is 44.8 Å². The van der Waals surface area contributed by atoms with Gasteiger partial charge in [-0.2, -0.15) is 0 Å². The maximum absolute atomic E-state index is 11.5. The molecule has 0 radical (unpaired) electrons. The Hall–Kier alpha value is -0.810. The zero-order valence-corrected chi connectivity index (χ0v) is 14.3. The van der Waals surface area contributed by atoms with Crippen LogP contribution in [0.25, 0.3) is 0 Å². The van der Waals surface area contributed by atoms with Gasteiger partial charge < -0.3 is 15.0 Å². The second kappa shape index (κ2) is 9.26. The van der Waals surface area contributed by atoms with Gasteiger partial charge in [-0.25, -0.2) is 4.79 Å². The van der Waals surface area contributed by atoms with E-state index >= 15 is 0 Å². The molecule has 1 rings (SSSR count). The van der Waals surface area contributed by atoms with Gasteiger partial charge in [0.2, 0.25) is 0 Å². The van der Waals surface area contributed by atoms with Crippen LogP contribution < -0.4 is 5.32 Å². The highest BCUT2D eigenvalue weighted by molar-refractivity contribution is 5.67. The van der Waals surface area contributed by atoms with Crippen molar-refractivity contribution < 1.29 is 9.53 Å². The molecule has 0 spiro atoms. The molecule has 0 saturated carbocycles. The van der Waals surface area contributed by atoms with Gasteiger partial charge in [-0.1, -0.05) is 19.8 Å². The summed E-state index contributed by atoms with van der Waals surface area (Å²) in [4.78, 5) is 16.5. The summed E-state index contributed by atoms with van der Waals surface area (Å²) in [5.74, 6) is 0. The largest absolute Gasteiger partial charge is 0.444 e. The minimum Gasteiger partial charge on any atom is -0.444 e. The van der Waals surface area contributed by atoms with Gasteiger partial charge in [-0.3, -0.25) is 4.90 Å². The summed E-state index contributed by atoms with van der Waals surface area (Å²) in [6.45, 7) is 15.2. The molecule has 0 unspecified atom stereocenters. The molecular formula is C16H33N3O2. The van der Waals surface area contributed by atoms with Gasteiger partial charge in [-0.15, -0.1) is 0 Å². The van der Waals surface area contributed by atoms with Crippen LogP contribution >= 0.6 is 0 Å². The SMILES string of the molecule is CCCCCN1CCN(CCNC(=O)OC(C)(C)C)CC1. The number of carbonyl (C=O) groups is 1. The Morgan fingerprint density at radius 1 is 1.05 bits per heavy atom. The van der Waals surface area contributed by atoms with Crippen LogP contribution in [0, 0.1) is 0 Å². The Bertz CT molecular complexity index is 294. The molecule has 0 aromatic heterocycles. The van der Waals surface area contributed by atoms with Crippen molar-refractivity contribution in [3.63, 3.8) is 0 Å². The molecule has 5 heteroatoms. The van der Waals surface area contributed by atoms with E-state index in [4.69, 9.17) is 4.74 Å². The predicted octanol–water partition coefficient (Wildman–Crippen LogP) is 2.32. The van der Waals surface area contributed by atoms with Crippen molar-refractivity contribution in [2.45, 2.75) is 52.6 Å². The Kier molecular flexibility index (Phi) is 8.04. The number of piperazine rings is 1. The molecule has 1 aliphatic heterocycles. The lowest BCUT2D eigenvalue weighted by atomic mass is 10.2. The first kappa shape index (κ1) is 18.2. The first-order valence-corrected chi connectivity index (χ1v) is 8.32. The van der Waals surface area contributed by atoms with E-state index in [2.05, 4.69) is 22.0 Å². The average molecular weight is 299 g/mol. The van der Waals surface area contributed by atoms with Crippen molar-refractivity contribution >= 4 is 6.09 Å². The highest BCUT2D eigenvalue weighted by atomic mass is 16.6. The summed E-state index contributed by atoms with van der Waals surface area (Å²) >= 11 is 0. The zero-order chi connectivity index (χ0) is 15.7. The molecular weight excluding hydrogens is 266 g/mol. The van der Waals surface area contributed by atoms with Gasteiger partial charge >= 0.3 is 6.09 Å². The van der Waals surface area contributed by atoms with Crippen LogP contribution in [0.5, 0.6) is 0 Å². The molecule has 21 heavy (non-hydrogen) atoms. The van der Waals surface area contributed by atoms with E-state index in [1.807, 2.05) is 20.8 Å². The number of nitrogens with one attached hydrogen (secondary N) is 1. The maximum Gasteiger partial charge on any atom is 0.407 e. The number of rotatable bonds is 7. The number of unbranched alkanes of at least 4 members (excludes halogenated alkanes) is 2. The smallest absolute Gasteiger partial charge is 0.407 e. The fraction of sp³-hybridized carbons (Fsp3) is 0.938. The quantitative estimate of drug-likeness (QED) is 0.733. The number of amides is 1. The van der Waals surface area contributed by atoms with E-state index in [9.17, 15) is 4.79 Å². The van der Waals surface area contributed by atoms with Gasteiger partial charge in [0, 0.05) is 39.3 Å². The molecule has 1 saturated heterocycles. The third-order valence-corrected chi connectivity index (χ3v) is 3.64. The standard InChI is InChI=1S/C16H33N3O2/c1-5-6-7-9-18-11-13-19(14-12-18)10-8-17-15(20)21-16(2,3)4/h5-14H2,1-4H3,(H,17,20). The molecule has 1 aliphatic rings. The van der Waals surface area contributed by atoms with E-state index in [1.54, 1.807) is 0 Å². The van der Waals surface area contributed by atoms with E-state index in [0.717, 1.165) is 32.7 Å². The molecule has 1 N–H and O–H groups in total. The van der Waals surface area contributed by atoms with E-state index in [0.29, 0.717) is 6.54 Å². The first-order valence-electron chi connectivity index (χ1n) is 8.32. The number of ether oxygens (including phenoxy) is 1. The van der Waals surface area contributed by atoms with E-state index < -0.39 is 5.60 Å². The summed E-state index contributed by atoms with van der Waals surface area (Å²) in [6.07, 6.45) is 3.62. The number of hydrogen-bond donors (Lipinski definition) is 1. The predicted molar refractivity (Wildman–Crippen MR) is 86.6 cm³/mol. The first-order chi connectivity index (χ1) is 9.90. The van der Waals surface area contributed by atoms with Crippen molar-refractivity contribution in [1.82, 2.24) is 15.1 Å². The molecule has 0 aromatic rings. The molecule has 0 aliphatic carbocycles. The monoisotopic (exact) mass is 299 g/mol. The van der Waals surface area contributed by atoms with Crippen LogP contribution in [0.4, 0.5) is 4.79 Å². The van der Waals surface area contributed by atoms with Gasteiger partial charge in [0.05, 0.1) is 0 Å². The number of nitrogens with zero attached hydrogens (tertiary/aromatic N) is 2. The molecule has 0 aromatic carbocycles. The van der Waals surface area contributed by atoms with Crippen LogP contribution in [-0.4, -0.2) is 67.3 Å². The Balaban J connectivity index is 2.06. The van der Waals surface area contributed by atoms with Crippen LogP contribution in [0.3, 0.4) is 0 Å². The molecule has 1 fully saturated rings. The molecule has 1 heterocycles. The summed E-state index contributed by atoms with van der Waals surface area (Å²) < 4.78 is 5.22. The lowest BCUT2D eigenvalue weighted by Gasteiger charge is -2.34. The van der Waals surface area contributed by atoms with Gasteiger partial charge in [0.25, 0.3) is 0 Å². The highest BCUT2D eigenvalue weighted by Crippen LogP contribution is 2.06. The van der Waals surface area contributed by atoms with Crippen molar-refractivity contribution in [3.8, 4) is 0 Å². The molecule has 1 amide bonds. The van der Waals surface area contributed by atoms with Crippen molar-refractivity contribution in [2.75, 3.05) is 45.8 Å². The van der Waals surface area contributed by atoms with Crippen LogP contribution in [0.2, 0.25) is 0 Å². The van der Waals surface area contributed by atoms with Crippen LogP contribution in [-0.2, 0) is 4.74 Å². The fourth-order valence-electron chi connectivity index (χ4n) is 2.45. The normalized spacial score (nSPS) is 17.7. The minimum atomic E-state index is -0.422. The zero-order valence-electron chi connectivity index (χ0n) is 14.3. The Morgan fingerprint density at radius 3 is 2.14 bits per heavy atom. The molecule has 0 atom stereocenters. The van der Waals surface area contributed by atoms with E-state index in [-0.39, 0.29) is 6.09 Å². The van der Waals surface area contributed by atoms with Crippen molar-refractivity contribution in [1.29, 1.82) is 0 Å². The van der Waals surface area contributed by atoms with Crippen molar-refractivity contribution in [2.24, 2.45) is 0 Å².